The van der Waals surface area contributed by atoms with E-state index in [2.05, 4.69) is 15.6 Å². The van der Waals surface area contributed by atoms with Gasteiger partial charge in [-0.1, -0.05) is 0 Å². The number of carbonyl (C=O) groups excluding carboxylic acids is 2. The Labute approximate surface area is 144 Å². The van der Waals surface area contributed by atoms with Crippen LogP contribution in [0.2, 0.25) is 0 Å². The van der Waals surface area contributed by atoms with Gasteiger partial charge in [-0.05, 0) is 43.5 Å². The molecule has 2 saturated heterocycles. The largest absolute Gasteiger partial charge is 0.411 e. The molecule has 1 amide bonds. The smallest absolute Gasteiger partial charge is 0.399 e. The van der Waals surface area contributed by atoms with E-state index >= 15 is 0 Å². The van der Waals surface area contributed by atoms with E-state index in [0.717, 1.165) is 12.8 Å². The van der Waals surface area contributed by atoms with Gasteiger partial charge in [0.15, 0.2) is 11.5 Å². The van der Waals surface area contributed by atoms with Crippen LogP contribution in [0.3, 0.4) is 0 Å². The van der Waals surface area contributed by atoms with E-state index in [9.17, 15) is 9.59 Å². The van der Waals surface area contributed by atoms with Crippen molar-refractivity contribution in [3.05, 3.63) is 41.8 Å². The maximum absolute atomic E-state index is 12.4. The quantitative estimate of drug-likeness (QED) is 0.811. The molecule has 2 bridgehead atoms. The summed E-state index contributed by atoms with van der Waals surface area (Å²) in [7, 11) is 0. The fraction of sp³-hybridized carbons (Fsp3) is 0.389. The third-order valence-corrected chi connectivity index (χ3v) is 4.77. The minimum atomic E-state index is -0.218. The lowest BCUT2D eigenvalue weighted by molar-refractivity contribution is 0.0929. The van der Waals surface area contributed by atoms with E-state index in [1.165, 1.54) is 19.5 Å². The molecule has 2 fully saturated rings. The highest BCUT2D eigenvalue weighted by atomic mass is 16.6. The minimum absolute atomic E-state index is 0.00421. The zero-order valence-corrected chi connectivity index (χ0v) is 13.8. The van der Waals surface area contributed by atoms with Gasteiger partial charge in [-0.3, -0.25) is 9.59 Å². The number of nitrogens with zero attached hydrogens (tertiary/aromatic N) is 1. The van der Waals surface area contributed by atoms with Crippen molar-refractivity contribution < 1.29 is 18.7 Å². The third kappa shape index (κ3) is 3.28. The number of hydrogen-bond acceptors (Lipinski definition) is 6. The van der Waals surface area contributed by atoms with Crippen molar-refractivity contribution in [2.75, 3.05) is 0 Å². The van der Waals surface area contributed by atoms with Gasteiger partial charge in [0.05, 0.1) is 6.20 Å². The van der Waals surface area contributed by atoms with Crippen LogP contribution in [-0.2, 0) is 0 Å². The van der Waals surface area contributed by atoms with Crippen LogP contribution in [0.4, 0.5) is 0 Å². The summed E-state index contributed by atoms with van der Waals surface area (Å²) < 4.78 is 10.6. The van der Waals surface area contributed by atoms with Gasteiger partial charge in [0.25, 0.3) is 5.91 Å². The average molecular weight is 341 g/mol. The fourth-order valence-electron chi connectivity index (χ4n) is 3.48. The average Bonchev–Trinajstić information content (AvgIpc) is 3.32. The first-order valence-electron chi connectivity index (χ1n) is 8.40. The molecule has 7 nitrogen and oxygen atoms in total. The number of benzene rings is 1. The van der Waals surface area contributed by atoms with Crippen molar-refractivity contribution in [1.82, 2.24) is 15.6 Å². The molecule has 3 unspecified atom stereocenters. The molecule has 2 N–H and O–H groups in total. The maximum atomic E-state index is 12.4. The number of ether oxygens (including phenoxy) is 1. The summed E-state index contributed by atoms with van der Waals surface area (Å²) in [5.74, 6) is 0.325. The fourth-order valence-corrected chi connectivity index (χ4v) is 3.48. The summed E-state index contributed by atoms with van der Waals surface area (Å²) in [6.45, 7) is 1.39. The Morgan fingerprint density at radius 1 is 1.28 bits per heavy atom. The molecule has 2 aromatic rings. The highest BCUT2D eigenvalue weighted by molar-refractivity contribution is 5.94. The summed E-state index contributed by atoms with van der Waals surface area (Å²) >= 11 is 0. The molecule has 1 aromatic carbocycles. The highest BCUT2D eigenvalue weighted by Gasteiger charge is 2.39. The zero-order chi connectivity index (χ0) is 17.4. The van der Waals surface area contributed by atoms with Crippen LogP contribution in [0, 0.1) is 0 Å². The molecule has 4 rings (SSSR count). The molecule has 0 spiro atoms. The van der Waals surface area contributed by atoms with E-state index in [1.54, 1.807) is 24.3 Å². The Balaban J connectivity index is 1.37. The Hall–Kier alpha value is -2.67. The number of Topliss-reactive ketones (excluding diaryl/α,β-unsaturated/α-hetero) is 1. The van der Waals surface area contributed by atoms with Crippen LogP contribution in [0.5, 0.6) is 11.8 Å². The van der Waals surface area contributed by atoms with Crippen molar-refractivity contribution >= 4 is 11.7 Å². The van der Waals surface area contributed by atoms with Crippen molar-refractivity contribution in [2.45, 2.75) is 44.3 Å². The first kappa shape index (κ1) is 15.8. The molecule has 130 valence electrons. The number of fused-ring (bicyclic) bond motifs is 2. The SMILES string of the molecule is CC(=O)c1cnc(Oc2ccc(C(=O)NC3CC4CCC3N4)cc2)o1. The molecular weight excluding hydrogens is 322 g/mol. The van der Waals surface area contributed by atoms with Crippen LogP contribution in [0.15, 0.2) is 34.9 Å². The predicted molar refractivity (Wildman–Crippen MR) is 88.8 cm³/mol. The van der Waals surface area contributed by atoms with Crippen LogP contribution in [0.1, 0.15) is 47.1 Å². The Morgan fingerprint density at radius 2 is 2.08 bits per heavy atom. The second kappa shape index (κ2) is 6.33. The van der Waals surface area contributed by atoms with Gasteiger partial charge >= 0.3 is 6.08 Å². The van der Waals surface area contributed by atoms with E-state index < -0.39 is 0 Å². The molecule has 3 atom stereocenters. The lowest BCUT2D eigenvalue weighted by atomic mass is 9.95. The first-order chi connectivity index (χ1) is 12.1. The van der Waals surface area contributed by atoms with Crippen molar-refractivity contribution in [2.24, 2.45) is 0 Å². The molecule has 1 aromatic heterocycles. The zero-order valence-electron chi connectivity index (χ0n) is 13.8. The lowest BCUT2D eigenvalue weighted by Crippen LogP contribution is -2.42. The molecule has 2 aliphatic heterocycles. The van der Waals surface area contributed by atoms with Gasteiger partial charge in [0, 0.05) is 30.6 Å². The predicted octanol–water partition coefficient (Wildman–Crippen LogP) is 2.29. The second-order valence-electron chi connectivity index (χ2n) is 6.54. The van der Waals surface area contributed by atoms with Crippen LogP contribution in [0.25, 0.3) is 0 Å². The molecule has 3 heterocycles. The second-order valence-corrected chi connectivity index (χ2v) is 6.54. The van der Waals surface area contributed by atoms with E-state index in [0.29, 0.717) is 23.4 Å². The summed E-state index contributed by atoms with van der Waals surface area (Å²) in [4.78, 5) is 27.4. The maximum Gasteiger partial charge on any atom is 0.399 e. The van der Waals surface area contributed by atoms with Gasteiger partial charge < -0.3 is 19.8 Å². The monoisotopic (exact) mass is 341 g/mol. The number of nitrogens with one attached hydrogen (secondary N) is 2. The number of hydrogen-bond donors (Lipinski definition) is 2. The van der Waals surface area contributed by atoms with Crippen molar-refractivity contribution in [3.63, 3.8) is 0 Å². The van der Waals surface area contributed by atoms with E-state index in [-0.39, 0.29) is 29.6 Å². The van der Waals surface area contributed by atoms with Crippen molar-refractivity contribution in [3.8, 4) is 11.8 Å². The molecular formula is C18H19N3O4. The first-order valence-corrected chi connectivity index (χ1v) is 8.40. The Kier molecular flexibility index (Phi) is 4.01. The van der Waals surface area contributed by atoms with Crippen LogP contribution >= 0.6 is 0 Å². The summed E-state index contributed by atoms with van der Waals surface area (Å²) in [5, 5.41) is 6.61. The summed E-state index contributed by atoms with van der Waals surface area (Å²) in [5.41, 5.74) is 0.576. The number of oxazole rings is 1. The number of aromatic nitrogens is 1. The lowest BCUT2D eigenvalue weighted by Gasteiger charge is -2.21. The minimum Gasteiger partial charge on any atom is -0.411 e. The van der Waals surface area contributed by atoms with E-state index in [1.807, 2.05) is 0 Å². The van der Waals surface area contributed by atoms with Crippen LogP contribution < -0.4 is 15.4 Å². The number of amides is 1. The van der Waals surface area contributed by atoms with Crippen molar-refractivity contribution in [1.29, 1.82) is 0 Å². The number of carbonyl (C=O) groups is 2. The molecule has 2 aliphatic rings. The van der Waals surface area contributed by atoms with E-state index in [4.69, 9.17) is 9.15 Å². The van der Waals surface area contributed by atoms with Gasteiger partial charge in [-0.25, -0.2) is 0 Å². The van der Waals surface area contributed by atoms with Crippen LogP contribution in [-0.4, -0.2) is 34.8 Å². The molecule has 0 radical (unpaired) electrons. The van der Waals surface area contributed by atoms with Gasteiger partial charge in [-0.15, -0.1) is 0 Å². The Morgan fingerprint density at radius 3 is 2.68 bits per heavy atom. The summed E-state index contributed by atoms with van der Waals surface area (Å²) in [6, 6.07) is 7.89. The summed E-state index contributed by atoms with van der Waals surface area (Å²) in [6.07, 6.45) is 4.65. The molecule has 25 heavy (non-hydrogen) atoms. The molecule has 0 saturated carbocycles. The van der Waals surface area contributed by atoms with Gasteiger partial charge in [0.2, 0.25) is 0 Å². The molecule has 7 heteroatoms. The molecule has 0 aliphatic carbocycles. The highest BCUT2D eigenvalue weighted by Crippen LogP contribution is 2.28. The standard InChI is InChI=1S/C18H19N3O4/c1-10(22)16-9-19-18(25-16)24-13-5-2-11(3-6-13)17(23)21-15-8-12-4-7-14(15)20-12/h2-3,5-6,9,12,14-15,20H,4,7-8H2,1H3,(H,21,23). The third-order valence-electron chi connectivity index (χ3n) is 4.77. The van der Waals surface area contributed by atoms with Gasteiger partial charge in [-0.2, -0.15) is 4.98 Å². The van der Waals surface area contributed by atoms with Gasteiger partial charge in [0.1, 0.15) is 5.75 Å². The Bertz CT molecular complexity index is 799. The topological polar surface area (TPSA) is 93.5 Å². The normalized spacial score (nSPS) is 24.3. The number of ketones is 1. The number of rotatable bonds is 5.